The fourth-order valence-electron chi connectivity index (χ4n) is 1.24. The molecule has 1 aromatic heterocycles. The lowest BCUT2D eigenvalue weighted by molar-refractivity contribution is 0.302. The molecule has 0 aliphatic heterocycles. The van der Waals surface area contributed by atoms with Crippen LogP contribution in [0.15, 0.2) is 42.6 Å². The van der Waals surface area contributed by atoms with E-state index >= 15 is 0 Å². The minimum absolute atomic E-state index is 0.527. The quantitative estimate of drug-likeness (QED) is 0.621. The number of nitrogens with zero attached hydrogens (tertiary/aromatic N) is 1. The first kappa shape index (κ1) is 11.7. The highest BCUT2D eigenvalue weighted by atomic mass is 127. The summed E-state index contributed by atoms with van der Waals surface area (Å²) < 4.78 is 6.47. The molecular formula is C12H9ClINO. The molecule has 0 amide bonds. The Balaban J connectivity index is 2.08. The first-order chi connectivity index (χ1) is 7.75. The van der Waals surface area contributed by atoms with E-state index in [1.165, 1.54) is 0 Å². The summed E-state index contributed by atoms with van der Waals surface area (Å²) in [6, 6.07) is 11.8. The predicted molar refractivity (Wildman–Crippen MR) is 72.7 cm³/mol. The van der Waals surface area contributed by atoms with E-state index in [1.54, 1.807) is 12.3 Å². The summed E-state index contributed by atoms with van der Waals surface area (Å²) in [4.78, 5) is 4.12. The molecule has 0 aliphatic carbocycles. The van der Waals surface area contributed by atoms with E-state index in [2.05, 4.69) is 27.6 Å². The van der Waals surface area contributed by atoms with Crippen LogP contribution < -0.4 is 4.74 Å². The highest BCUT2D eigenvalue weighted by Crippen LogP contribution is 2.23. The van der Waals surface area contributed by atoms with Gasteiger partial charge in [0.25, 0.3) is 0 Å². The van der Waals surface area contributed by atoms with Crippen LogP contribution in [0.3, 0.4) is 0 Å². The zero-order valence-corrected chi connectivity index (χ0v) is 11.3. The van der Waals surface area contributed by atoms with Gasteiger partial charge in [0.2, 0.25) is 0 Å². The number of halogens is 2. The zero-order chi connectivity index (χ0) is 11.4. The first-order valence-electron chi connectivity index (χ1n) is 4.73. The van der Waals surface area contributed by atoms with Crippen molar-refractivity contribution in [3.05, 3.63) is 56.9 Å². The molecule has 2 nitrogen and oxygen atoms in total. The van der Waals surface area contributed by atoms with Crippen molar-refractivity contribution in [2.75, 3.05) is 0 Å². The van der Waals surface area contributed by atoms with E-state index in [1.807, 2.05) is 30.3 Å². The van der Waals surface area contributed by atoms with E-state index < -0.39 is 0 Å². The Hall–Kier alpha value is -0.810. The summed E-state index contributed by atoms with van der Waals surface area (Å²) in [5, 5.41) is 0.587. The van der Waals surface area contributed by atoms with Gasteiger partial charge in [0, 0.05) is 12.3 Å². The Labute approximate surface area is 113 Å². The van der Waals surface area contributed by atoms with E-state index in [9.17, 15) is 0 Å². The molecule has 4 heteroatoms. The standard InChI is InChI=1S/C12H9ClINO/c13-10-6-11(12(14)15-7-10)16-8-9-4-2-1-3-5-9/h1-7H,8H2. The molecule has 0 bridgehead atoms. The van der Waals surface area contributed by atoms with Gasteiger partial charge < -0.3 is 4.74 Å². The van der Waals surface area contributed by atoms with Gasteiger partial charge in [0.1, 0.15) is 10.3 Å². The van der Waals surface area contributed by atoms with Gasteiger partial charge in [0.15, 0.2) is 5.75 Å². The number of hydrogen-bond acceptors (Lipinski definition) is 2. The maximum Gasteiger partial charge on any atom is 0.153 e. The third-order valence-electron chi connectivity index (χ3n) is 2.01. The van der Waals surface area contributed by atoms with Gasteiger partial charge in [-0.3, -0.25) is 0 Å². The molecule has 2 aromatic rings. The molecule has 0 saturated heterocycles. The largest absolute Gasteiger partial charge is 0.486 e. The summed E-state index contributed by atoms with van der Waals surface area (Å²) >= 11 is 7.98. The van der Waals surface area contributed by atoms with E-state index in [0.717, 1.165) is 15.0 Å². The third kappa shape index (κ3) is 3.09. The summed E-state index contributed by atoms with van der Waals surface area (Å²) in [6.45, 7) is 0.527. The predicted octanol–water partition coefficient (Wildman–Crippen LogP) is 3.92. The Morgan fingerprint density at radius 2 is 2.00 bits per heavy atom. The van der Waals surface area contributed by atoms with Crippen molar-refractivity contribution in [1.82, 2.24) is 4.98 Å². The normalized spacial score (nSPS) is 10.1. The van der Waals surface area contributed by atoms with Crippen molar-refractivity contribution >= 4 is 34.2 Å². The Kier molecular flexibility index (Phi) is 4.01. The first-order valence-corrected chi connectivity index (χ1v) is 6.19. The second kappa shape index (κ2) is 5.50. The van der Waals surface area contributed by atoms with Crippen LogP contribution in [0, 0.1) is 3.70 Å². The Morgan fingerprint density at radius 3 is 2.75 bits per heavy atom. The number of pyridine rings is 1. The van der Waals surface area contributed by atoms with Crippen LogP contribution in [0.4, 0.5) is 0 Å². The average Bonchev–Trinajstić information content (AvgIpc) is 2.32. The fourth-order valence-corrected chi connectivity index (χ4v) is 1.84. The van der Waals surface area contributed by atoms with Gasteiger partial charge in [-0.05, 0) is 28.2 Å². The smallest absolute Gasteiger partial charge is 0.153 e. The maximum atomic E-state index is 5.85. The Bertz CT molecular complexity index is 476. The van der Waals surface area contributed by atoms with Gasteiger partial charge in [-0.25, -0.2) is 4.98 Å². The molecule has 16 heavy (non-hydrogen) atoms. The molecule has 0 saturated carbocycles. The monoisotopic (exact) mass is 345 g/mol. The van der Waals surface area contributed by atoms with Crippen molar-refractivity contribution < 1.29 is 4.74 Å². The lowest BCUT2D eigenvalue weighted by atomic mass is 10.2. The third-order valence-corrected chi connectivity index (χ3v) is 3.03. The van der Waals surface area contributed by atoms with Crippen LogP contribution >= 0.6 is 34.2 Å². The number of ether oxygens (including phenoxy) is 1. The molecule has 1 aromatic carbocycles. The van der Waals surface area contributed by atoms with Gasteiger partial charge in [-0.2, -0.15) is 0 Å². The molecule has 0 atom stereocenters. The molecular weight excluding hydrogens is 336 g/mol. The highest BCUT2D eigenvalue weighted by molar-refractivity contribution is 14.1. The summed E-state index contributed by atoms with van der Waals surface area (Å²) in [7, 11) is 0. The average molecular weight is 346 g/mol. The minimum atomic E-state index is 0.527. The summed E-state index contributed by atoms with van der Waals surface area (Å²) in [5.74, 6) is 0.719. The van der Waals surface area contributed by atoms with E-state index in [4.69, 9.17) is 16.3 Å². The van der Waals surface area contributed by atoms with Crippen LogP contribution in [-0.2, 0) is 6.61 Å². The second-order valence-corrected chi connectivity index (χ2v) is 4.67. The van der Waals surface area contributed by atoms with Crippen molar-refractivity contribution in [3.63, 3.8) is 0 Å². The van der Waals surface area contributed by atoms with Gasteiger partial charge in [0.05, 0.1) is 5.02 Å². The van der Waals surface area contributed by atoms with Gasteiger partial charge in [-0.1, -0.05) is 41.9 Å². The fraction of sp³-hybridized carbons (Fsp3) is 0.0833. The van der Waals surface area contributed by atoms with Crippen LogP contribution in [0.2, 0.25) is 5.02 Å². The number of aromatic nitrogens is 1. The maximum absolute atomic E-state index is 5.85. The molecule has 1 heterocycles. The van der Waals surface area contributed by atoms with Crippen LogP contribution in [0.1, 0.15) is 5.56 Å². The van der Waals surface area contributed by atoms with Crippen molar-refractivity contribution in [3.8, 4) is 5.75 Å². The molecule has 0 radical (unpaired) electrons. The van der Waals surface area contributed by atoms with Crippen LogP contribution in [-0.4, -0.2) is 4.98 Å². The molecule has 0 N–H and O–H groups in total. The Morgan fingerprint density at radius 1 is 1.25 bits per heavy atom. The summed E-state index contributed by atoms with van der Waals surface area (Å²) in [5.41, 5.74) is 1.12. The zero-order valence-electron chi connectivity index (χ0n) is 8.36. The molecule has 2 rings (SSSR count). The number of hydrogen-bond donors (Lipinski definition) is 0. The molecule has 0 fully saturated rings. The lowest BCUT2D eigenvalue weighted by Crippen LogP contribution is -1.97. The summed E-state index contributed by atoms with van der Waals surface area (Å²) in [6.07, 6.45) is 1.61. The van der Waals surface area contributed by atoms with Crippen molar-refractivity contribution in [1.29, 1.82) is 0 Å². The second-order valence-electron chi connectivity index (χ2n) is 3.22. The molecule has 0 unspecified atom stereocenters. The van der Waals surface area contributed by atoms with E-state index in [0.29, 0.717) is 11.6 Å². The molecule has 0 aliphatic rings. The molecule has 82 valence electrons. The SMILES string of the molecule is Clc1cnc(I)c(OCc2ccccc2)c1. The van der Waals surface area contributed by atoms with E-state index in [-0.39, 0.29) is 0 Å². The minimum Gasteiger partial charge on any atom is -0.486 e. The topological polar surface area (TPSA) is 22.1 Å². The van der Waals surface area contributed by atoms with Crippen molar-refractivity contribution in [2.24, 2.45) is 0 Å². The number of rotatable bonds is 3. The molecule has 0 spiro atoms. The van der Waals surface area contributed by atoms with Crippen molar-refractivity contribution in [2.45, 2.75) is 6.61 Å². The van der Waals surface area contributed by atoms with Crippen LogP contribution in [0.5, 0.6) is 5.75 Å². The highest BCUT2D eigenvalue weighted by Gasteiger charge is 2.03. The number of benzene rings is 1. The van der Waals surface area contributed by atoms with Gasteiger partial charge in [-0.15, -0.1) is 0 Å². The van der Waals surface area contributed by atoms with Gasteiger partial charge >= 0.3 is 0 Å². The van der Waals surface area contributed by atoms with Crippen LogP contribution in [0.25, 0.3) is 0 Å². The lowest BCUT2D eigenvalue weighted by Gasteiger charge is -2.07.